The number of fused-ring (bicyclic) bond motifs is 13. The van der Waals surface area contributed by atoms with E-state index >= 15 is 4.79 Å². The van der Waals surface area contributed by atoms with Gasteiger partial charge in [0.2, 0.25) is 0 Å². The first-order valence-electron chi connectivity index (χ1n) is 16.9. The molecule has 0 saturated carbocycles. The van der Waals surface area contributed by atoms with Crippen LogP contribution in [0.15, 0.2) is 72.8 Å². The molecule has 234 valence electrons. The van der Waals surface area contributed by atoms with Crippen LogP contribution >= 0.6 is 0 Å². The molecule has 1 nitrogen and oxygen atoms in total. The van der Waals surface area contributed by atoms with Crippen molar-refractivity contribution in [1.29, 1.82) is 0 Å². The minimum absolute atomic E-state index is 0.00390. The van der Waals surface area contributed by atoms with E-state index in [1.807, 2.05) is 0 Å². The predicted octanol–water partition coefficient (Wildman–Crippen LogP) is 12.7. The van der Waals surface area contributed by atoms with Crippen LogP contribution in [0.25, 0.3) is 54.2 Å². The maximum Gasteiger partial charge on any atom is 0.195 e. The van der Waals surface area contributed by atoms with Gasteiger partial charge in [0.05, 0.1) is 0 Å². The van der Waals surface area contributed by atoms with Crippen molar-refractivity contribution in [2.75, 3.05) is 0 Å². The zero-order valence-electron chi connectivity index (χ0n) is 29.8. The van der Waals surface area contributed by atoms with Gasteiger partial charge in [0.1, 0.15) is 0 Å². The lowest BCUT2D eigenvalue weighted by molar-refractivity contribution is 0.104. The molecule has 0 heterocycles. The summed E-state index contributed by atoms with van der Waals surface area (Å²) in [5.74, 6) is 0.149. The lowest BCUT2D eigenvalue weighted by Crippen LogP contribution is -2.12. The van der Waals surface area contributed by atoms with Gasteiger partial charge in [-0.1, -0.05) is 132 Å². The largest absolute Gasteiger partial charge is 0.289 e. The van der Waals surface area contributed by atoms with Crippen molar-refractivity contribution in [3.8, 4) is 11.1 Å². The minimum Gasteiger partial charge on any atom is -0.289 e. The Bertz CT molecular complexity index is 2120. The van der Waals surface area contributed by atoms with Gasteiger partial charge in [-0.2, -0.15) is 0 Å². The Balaban J connectivity index is 1.71. The fourth-order valence-corrected chi connectivity index (χ4v) is 7.46. The highest BCUT2D eigenvalue weighted by molar-refractivity contribution is 6.40. The summed E-state index contributed by atoms with van der Waals surface area (Å²) in [4.78, 5) is 15.0. The zero-order chi connectivity index (χ0) is 33.3. The van der Waals surface area contributed by atoms with E-state index in [9.17, 15) is 0 Å². The fourth-order valence-electron chi connectivity index (χ4n) is 7.46. The van der Waals surface area contributed by atoms with Crippen LogP contribution < -0.4 is 0 Å². The Hall–Kier alpha value is -3.97. The lowest BCUT2D eigenvalue weighted by atomic mass is 9.80. The Kier molecular flexibility index (Phi) is 6.36. The summed E-state index contributed by atoms with van der Waals surface area (Å²) in [5.41, 5.74) is 9.09. The number of carbonyl (C=O) groups is 1. The van der Waals surface area contributed by atoms with E-state index in [4.69, 9.17) is 0 Å². The minimum atomic E-state index is -0.00390. The van der Waals surface area contributed by atoms with Crippen molar-refractivity contribution < 1.29 is 4.79 Å². The summed E-state index contributed by atoms with van der Waals surface area (Å²) in [7, 11) is 0. The maximum atomic E-state index is 15.0. The quantitative estimate of drug-likeness (QED) is 0.157. The summed E-state index contributed by atoms with van der Waals surface area (Å²) in [6.07, 6.45) is 0. The number of carbonyl (C=O) groups excluding carboxylic acids is 1. The Morgan fingerprint density at radius 1 is 0.304 bits per heavy atom. The van der Waals surface area contributed by atoms with Gasteiger partial charge >= 0.3 is 0 Å². The summed E-state index contributed by atoms with van der Waals surface area (Å²) in [6.45, 7) is 27.3. The molecule has 0 unspecified atom stereocenters. The number of benzene rings is 6. The third-order valence-electron chi connectivity index (χ3n) is 10.4. The fraction of sp³-hybridized carbons (Fsp3) is 0.356. The van der Waals surface area contributed by atoms with E-state index < -0.39 is 0 Å². The number of hydrogen-bond donors (Lipinski definition) is 0. The molecular formula is C45H48O. The molecule has 6 aromatic carbocycles. The van der Waals surface area contributed by atoms with Gasteiger partial charge in [0.15, 0.2) is 5.78 Å². The summed E-state index contributed by atoms with van der Waals surface area (Å²) in [6, 6.07) is 27.5. The standard InChI is InChI=1S/C45H48O/c1-42(2,3)25-13-17-29-33(21-25)35-23-27(44(7,8)9)15-19-31(35)39-37(29)38-30-18-14-26(43(4,5)6)22-34(30)36-24-28(45(10,11)12)16-20-32(36)40(38)41(39)46/h13-24H,1-12H3. The van der Waals surface area contributed by atoms with Crippen LogP contribution in [0, 0.1) is 0 Å². The molecule has 1 heteroatoms. The SMILES string of the molecule is CC(C)(C)c1ccc2c3c(c4ccc(C(C)(C)C)cc4c2c1)-c1c(c2ccc(C(C)(C)C)cc2c2cc(C(C)(C)C)ccc12)C3=O. The van der Waals surface area contributed by atoms with Crippen molar-refractivity contribution in [3.05, 3.63) is 106 Å². The molecule has 1 aliphatic carbocycles. The smallest absolute Gasteiger partial charge is 0.195 e. The number of ketones is 1. The van der Waals surface area contributed by atoms with Crippen LogP contribution in [0.3, 0.4) is 0 Å². The van der Waals surface area contributed by atoms with E-state index in [0.29, 0.717) is 0 Å². The lowest BCUT2D eigenvalue weighted by Gasteiger charge is -2.24. The molecule has 0 atom stereocenters. The molecule has 0 radical (unpaired) electrons. The molecule has 0 amide bonds. The van der Waals surface area contributed by atoms with Gasteiger partial charge in [-0.15, -0.1) is 0 Å². The maximum absolute atomic E-state index is 15.0. The highest BCUT2D eigenvalue weighted by atomic mass is 16.1. The number of hydrogen-bond acceptors (Lipinski definition) is 1. The van der Waals surface area contributed by atoms with E-state index in [-0.39, 0.29) is 27.4 Å². The average Bonchev–Trinajstić information content (AvgIpc) is 3.28. The first-order valence-corrected chi connectivity index (χ1v) is 16.9. The van der Waals surface area contributed by atoms with E-state index in [2.05, 4.69) is 156 Å². The first kappa shape index (κ1) is 30.7. The molecule has 0 aliphatic heterocycles. The molecule has 46 heavy (non-hydrogen) atoms. The van der Waals surface area contributed by atoms with Gasteiger partial charge < -0.3 is 0 Å². The average molecular weight is 605 g/mol. The van der Waals surface area contributed by atoms with Crippen molar-refractivity contribution in [2.24, 2.45) is 0 Å². The van der Waals surface area contributed by atoms with Crippen molar-refractivity contribution in [2.45, 2.75) is 105 Å². The van der Waals surface area contributed by atoms with Crippen molar-refractivity contribution in [3.63, 3.8) is 0 Å². The second-order valence-corrected chi connectivity index (χ2v) is 17.9. The van der Waals surface area contributed by atoms with Crippen LogP contribution in [0.2, 0.25) is 0 Å². The van der Waals surface area contributed by atoms with Crippen LogP contribution in [0.1, 0.15) is 121 Å². The normalized spacial score (nSPS) is 14.1. The van der Waals surface area contributed by atoms with Gasteiger partial charge in [-0.3, -0.25) is 4.79 Å². The van der Waals surface area contributed by atoms with Crippen LogP contribution in [0.4, 0.5) is 0 Å². The molecule has 0 N–H and O–H groups in total. The molecule has 6 aromatic rings. The monoisotopic (exact) mass is 604 g/mol. The molecule has 0 saturated heterocycles. The van der Waals surface area contributed by atoms with Crippen molar-refractivity contribution in [1.82, 2.24) is 0 Å². The molecule has 0 aromatic heterocycles. The van der Waals surface area contributed by atoms with Gasteiger partial charge in [-0.05, 0) is 111 Å². The zero-order valence-corrected chi connectivity index (χ0v) is 29.8. The molecule has 1 aliphatic rings. The molecular weight excluding hydrogens is 556 g/mol. The Labute approximate surface area is 275 Å². The molecule has 0 fully saturated rings. The molecule has 0 spiro atoms. The van der Waals surface area contributed by atoms with E-state index in [1.54, 1.807) is 0 Å². The van der Waals surface area contributed by atoms with Gasteiger partial charge in [-0.25, -0.2) is 0 Å². The van der Waals surface area contributed by atoms with E-state index in [0.717, 1.165) is 33.0 Å². The second-order valence-electron chi connectivity index (χ2n) is 17.9. The van der Waals surface area contributed by atoms with Gasteiger partial charge in [0, 0.05) is 22.3 Å². The Morgan fingerprint density at radius 2 is 0.522 bits per heavy atom. The highest BCUT2D eigenvalue weighted by Crippen LogP contribution is 2.52. The summed E-state index contributed by atoms with van der Waals surface area (Å²) < 4.78 is 0. The molecule has 0 bridgehead atoms. The summed E-state index contributed by atoms with van der Waals surface area (Å²) in [5, 5.41) is 9.26. The van der Waals surface area contributed by atoms with Crippen molar-refractivity contribution >= 4 is 48.9 Å². The third kappa shape index (κ3) is 4.53. The highest BCUT2D eigenvalue weighted by Gasteiger charge is 2.36. The third-order valence-corrected chi connectivity index (χ3v) is 10.4. The Morgan fingerprint density at radius 3 is 0.739 bits per heavy atom. The van der Waals surface area contributed by atoms with Crippen LogP contribution in [0.5, 0.6) is 0 Å². The van der Waals surface area contributed by atoms with Gasteiger partial charge in [0.25, 0.3) is 0 Å². The summed E-state index contributed by atoms with van der Waals surface area (Å²) >= 11 is 0. The second kappa shape index (κ2) is 9.54. The van der Waals surface area contributed by atoms with Crippen LogP contribution in [-0.2, 0) is 21.7 Å². The molecule has 7 rings (SSSR count). The number of rotatable bonds is 0. The van der Waals surface area contributed by atoms with Crippen LogP contribution in [-0.4, -0.2) is 5.78 Å². The topological polar surface area (TPSA) is 17.1 Å². The first-order chi connectivity index (χ1) is 21.3. The van der Waals surface area contributed by atoms with E-state index in [1.165, 1.54) is 54.6 Å². The predicted molar refractivity (Wildman–Crippen MR) is 200 cm³/mol.